The summed E-state index contributed by atoms with van der Waals surface area (Å²) < 4.78 is 58.0. The average molecular weight is 410 g/mol. The van der Waals surface area contributed by atoms with Crippen molar-refractivity contribution in [2.24, 2.45) is 0 Å². The van der Waals surface area contributed by atoms with Crippen LogP contribution in [0, 0.1) is 0 Å². The lowest BCUT2D eigenvalue weighted by molar-refractivity contribution is 0.0922. The zero-order valence-electron chi connectivity index (χ0n) is 14.7. The first-order valence-corrected chi connectivity index (χ1v) is 8.92. The first-order chi connectivity index (χ1) is 12.8. The average Bonchev–Trinajstić information content (AvgIpc) is 3.19. The van der Waals surface area contributed by atoms with Crippen molar-refractivity contribution < 1.29 is 26.8 Å². The maximum absolute atomic E-state index is 13.1. The van der Waals surface area contributed by atoms with Gasteiger partial charge in [0.15, 0.2) is 5.76 Å². The second kappa shape index (κ2) is 9.77. The van der Waals surface area contributed by atoms with E-state index < -0.39 is 35.2 Å². The highest BCUT2D eigenvalue weighted by molar-refractivity contribution is 6.32. The number of carbonyl (C=O) groups is 1. The molecule has 0 aliphatic rings. The Bertz CT molecular complexity index is 761. The largest absolute Gasteiger partial charge is 0.454 e. The number of unbranched alkanes of at least 4 members (excludes halogenated alkanes) is 3. The molecule has 0 unspecified atom stereocenters. The summed E-state index contributed by atoms with van der Waals surface area (Å²) in [6, 6.07) is 2.79. The first kappa shape index (κ1) is 21.3. The van der Waals surface area contributed by atoms with Crippen LogP contribution in [0.1, 0.15) is 73.2 Å². The molecular formula is C17H20ClF4N3O2. The van der Waals surface area contributed by atoms with E-state index in [4.69, 9.17) is 16.0 Å². The van der Waals surface area contributed by atoms with Crippen LogP contribution in [0.4, 0.5) is 17.6 Å². The summed E-state index contributed by atoms with van der Waals surface area (Å²) in [5.41, 5.74) is -1.73. The third-order valence-electron chi connectivity index (χ3n) is 3.88. The molecule has 0 aliphatic carbocycles. The lowest BCUT2D eigenvalue weighted by atomic mass is 10.2. The van der Waals surface area contributed by atoms with Crippen LogP contribution in [0.3, 0.4) is 0 Å². The van der Waals surface area contributed by atoms with Gasteiger partial charge in [0.2, 0.25) is 0 Å². The van der Waals surface area contributed by atoms with E-state index in [9.17, 15) is 22.4 Å². The van der Waals surface area contributed by atoms with Gasteiger partial charge in [-0.2, -0.15) is 5.10 Å². The van der Waals surface area contributed by atoms with Crippen molar-refractivity contribution in [3.05, 3.63) is 40.1 Å². The van der Waals surface area contributed by atoms with E-state index in [1.807, 2.05) is 0 Å². The monoisotopic (exact) mass is 409 g/mol. The van der Waals surface area contributed by atoms with Crippen molar-refractivity contribution in [1.29, 1.82) is 0 Å². The summed E-state index contributed by atoms with van der Waals surface area (Å²) in [6.45, 7) is 2.23. The molecule has 1 N–H and O–H groups in total. The number of hydrogen-bond acceptors (Lipinski definition) is 3. The number of carbonyl (C=O) groups excluding carboxylic acids is 1. The Morgan fingerprint density at radius 2 is 1.96 bits per heavy atom. The van der Waals surface area contributed by atoms with Crippen LogP contribution in [0.2, 0.25) is 5.02 Å². The number of alkyl halides is 4. The number of nitrogens with one attached hydrogen (secondary N) is 1. The lowest BCUT2D eigenvalue weighted by Gasteiger charge is -2.05. The molecule has 2 heterocycles. The van der Waals surface area contributed by atoms with Gasteiger partial charge in [-0.15, -0.1) is 0 Å². The van der Waals surface area contributed by atoms with Gasteiger partial charge in [-0.05, 0) is 18.6 Å². The standard InChI is InChI=1S/C17H20ClF4N3O2/c1-2-3-4-5-8-23-17(26)11-7-6-10(27-11)9-25-14(16(21)22)12(18)13(24-25)15(19)20/h6-7,15-16H,2-5,8-9H2,1H3,(H,23,26). The highest BCUT2D eigenvalue weighted by Crippen LogP contribution is 2.35. The first-order valence-electron chi connectivity index (χ1n) is 8.54. The molecular weight excluding hydrogens is 390 g/mol. The smallest absolute Gasteiger partial charge is 0.286 e. The van der Waals surface area contributed by atoms with E-state index in [1.165, 1.54) is 12.1 Å². The molecule has 10 heteroatoms. The molecule has 0 fully saturated rings. The number of halogens is 5. The van der Waals surface area contributed by atoms with E-state index in [-0.39, 0.29) is 18.1 Å². The number of amides is 1. The Balaban J connectivity index is 2.05. The van der Waals surface area contributed by atoms with Crippen LogP contribution < -0.4 is 5.32 Å². The molecule has 0 radical (unpaired) electrons. The number of hydrogen-bond donors (Lipinski definition) is 1. The molecule has 0 saturated heterocycles. The van der Waals surface area contributed by atoms with Gasteiger partial charge in [-0.25, -0.2) is 17.6 Å². The Kier molecular flexibility index (Phi) is 7.70. The molecule has 1 amide bonds. The molecule has 0 aromatic carbocycles. The van der Waals surface area contributed by atoms with E-state index >= 15 is 0 Å². The van der Waals surface area contributed by atoms with Gasteiger partial charge in [0, 0.05) is 6.54 Å². The summed E-state index contributed by atoms with van der Waals surface area (Å²) in [5, 5.41) is 5.38. The summed E-state index contributed by atoms with van der Waals surface area (Å²) in [5.74, 6) is -0.307. The number of furan rings is 1. The summed E-state index contributed by atoms with van der Waals surface area (Å²) in [6.07, 6.45) is -2.16. The minimum absolute atomic E-state index is 0.00595. The number of rotatable bonds is 10. The van der Waals surface area contributed by atoms with Crippen molar-refractivity contribution >= 4 is 17.5 Å². The second-order valence-corrected chi connectivity index (χ2v) is 6.30. The van der Waals surface area contributed by atoms with Crippen LogP contribution in [0.15, 0.2) is 16.5 Å². The number of nitrogens with zero attached hydrogens (tertiary/aromatic N) is 2. The van der Waals surface area contributed by atoms with Gasteiger partial charge in [-0.3, -0.25) is 9.48 Å². The van der Waals surface area contributed by atoms with Crippen molar-refractivity contribution in [3.8, 4) is 0 Å². The van der Waals surface area contributed by atoms with Crippen molar-refractivity contribution in [2.75, 3.05) is 6.54 Å². The van der Waals surface area contributed by atoms with Crippen LogP contribution in [-0.2, 0) is 6.54 Å². The summed E-state index contributed by atoms with van der Waals surface area (Å²) in [7, 11) is 0. The zero-order valence-corrected chi connectivity index (χ0v) is 15.4. The molecule has 150 valence electrons. The van der Waals surface area contributed by atoms with Crippen LogP contribution in [0.25, 0.3) is 0 Å². The fraction of sp³-hybridized carbons (Fsp3) is 0.529. The topological polar surface area (TPSA) is 60.1 Å². The summed E-state index contributed by atoms with van der Waals surface area (Å²) in [4.78, 5) is 12.0. The highest BCUT2D eigenvalue weighted by atomic mass is 35.5. The Morgan fingerprint density at radius 1 is 1.22 bits per heavy atom. The Labute approximate surface area is 158 Å². The Hall–Kier alpha value is -2.03. The van der Waals surface area contributed by atoms with E-state index in [2.05, 4.69) is 17.3 Å². The van der Waals surface area contributed by atoms with Crippen molar-refractivity contribution in [2.45, 2.75) is 52.0 Å². The fourth-order valence-corrected chi connectivity index (χ4v) is 2.81. The zero-order chi connectivity index (χ0) is 20.0. The van der Waals surface area contributed by atoms with Crippen LogP contribution >= 0.6 is 11.6 Å². The molecule has 0 saturated carbocycles. The van der Waals surface area contributed by atoms with E-state index in [1.54, 1.807) is 0 Å². The predicted octanol–water partition coefficient (Wildman–Crippen LogP) is 5.36. The molecule has 27 heavy (non-hydrogen) atoms. The predicted molar refractivity (Wildman–Crippen MR) is 91.4 cm³/mol. The maximum Gasteiger partial charge on any atom is 0.286 e. The third-order valence-corrected chi connectivity index (χ3v) is 4.26. The Morgan fingerprint density at radius 3 is 2.59 bits per heavy atom. The summed E-state index contributed by atoms with van der Waals surface area (Å²) >= 11 is 5.60. The fourth-order valence-electron chi connectivity index (χ4n) is 2.51. The van der Waals surface area contributed by atoms with Crippen molar-refractivity contribution in [3.63, 3.8) is 0 Å². The van der Waals surface area contributed by atoms with Gasteiger partial charge in [0.1, 0.15) is 17.1 Å². The van der Waals surface area contributed by atoms with Gasteiger partial charge in [0.05, 0.1) is 11.6 Å². The molecule has 5 nitrogen and oxygen atoms in total. The lowest BCUT2D eigenvalue weighted by Crippen LogP contribution is -2.23. The molecule has 2 aromatic heterocycles. The SMILES string of the molecule is CCCCCCNC(=O)c1ccc(Cn2nc(C(F)F)c(Cl)c2C(F)F)o1. The minimum Gasteiger partial charge on any atom is -0.454 e. The second-order valence-electron chi connectivity index (χ2n) is 5.93. The quantitative estimate of drug-likeness (QED) is 0.424. The molecule has 2 rings (SSSR count). The minimum atomic E-state index is -3.08. The van der Waals surface area contributed by atoms with Gasteiger partial charge >= 0.3 is 0 Å². The van der Waals surface area contributed by atoms with Crippen LogP contribution in [0.5, 0.6) is 0 Å². The highest BCUT2D eigenvalue weighted by Gasteiger charge is 2.28. The normalized spacial score (nSPS) is 11.6. The van der Waals surface area contributed by atoms with E-state index in [0.717, 1.165) is 25.7 Å². The van der Waals surface area contributed by atoms with Crippen LogP contribution in [-0.4, -0.2) is 22.2 Å². The number of aromatic nitrogens is 2. The maximum atomic E-state index is 13.1. The molecule has 2 aromatic rings. The van der Waals surface area contributed by atoms with Crippen molar-refractivity contribution in [1.82, 2.24) is 15.1 Å². The van der Waals surface area contributed by atoms with Gasteiger partial charge < -0.3 is 9.73 Å². The van der Waals surface area contributed by atoms with E-state index in [0.29, 0.717) is 11.2 Å². The molecule has 0 bridgehead atoms. The molecule has 0 atom stereocenters. The van der Waals surface area contributed by atoms with Gasteiger partial charge in [0.25, 0.3) is 18.8 Å². The third kappa shape index (κ3) is 5.47. The van der Waals surface area contributed by atoms with Gasteiger partial charge in [-0.1, -0.05) is 37.8 Å². The molecule has 0 spiro atoms. The molecule has 0 aliphatic heterocycles.